The molecule has 0 aliphatic carbocycles. The number of aliphatic carboxylic acids is 1. The van der Waals surface area contributed by atoms with Gasteiger partial charge in [0, 0.05) is 17.7 Å². The molecule has 0 spiro atoms. The Morgan fingerprint density at radius 3 is 2.55 bits per heavy atom. The molecule has 13 heteroatoms. The predicted molar refractivity (Wildman–Crippen MR) is 141 cm³/mol. The molecule has 2 aromatic carbocycles. The number of benzene rings is 2. The van der Waals surface area contributed by atoms with Crippen LogP contribution in [0.3, 0.4) is 0 Å². The molecule has 0 bridgehead atoms. The van der Waals surface area contributed by atoms with Crippen molar-refractivity contribution in [3.05, 3.63) is 71.5 Å². The molecule has 194 valence electrons. The van der Waals surface area contributed by atoms with Crippen molar-refractivity contribution in [2.75, 3.05) is 10.6 Å². The average molecular weight is 534 g/mol. The Hall–Kier alpha value is -4.91. The highest BCUT2D eigenvalue weighted by atomic mass is 32.1. The van der Waals surface area contributed by atoms with E-state index in [9.17, 15) is 24.3 Å². The Morgan fingerprint density at radius 1 is 1.05 bits per heavy atom. The third kappa shape index (κ3) is 6.25. The van der Waals surface area contributed by atoms with E-state index >= 15 is 0 Å². The Bertz CT molecular complexity index is 1540. The summed E-state index contributed by atoms with van der Waals surface area (Å²) < 4.78 is 4.28. The molecule has 0 saturated carbocycles. The molecular weight excluding hydrogens is 510 g/mol. The Kier molecular flexibility index (Phi) is 7.87. The first-order chi connectivity index (χ1) is 18.2. The van der Waals surface area contributed by atoms with Gasteiger partial charge >= 0.3 is 5.97 Å². The van der Waals surface area contributed by atoms with Crippen LogP contribution in [0.5, 0.6) is 0 Å². The number of aryl methyl sites for hydroxylation is 1. The van der Waals surface area contributed by atoms with Gasteiger partial charge in [-0.1, -0.05) is 18.2 Å². The Balaban J connectivity index is 1.48. The van der Waals surface area contributed by atoms with Crippen LogP contribution in [0.1, 0.15) is 39.3 Å². The zero-order valence-corrected chi connectivity index (χ0v) is 20.9. The van der Waals surface area contributed by atoms with Crippen LogP contribution >= 0.6 is 11.5 Å². The summed E-state index contributed by atoms with van der Waals surface area (Å²) in [5.74, 6) is -2.65. The smallest absolute Gasteiger partial charge is 0.326 e. The highest BCUT2D eigenvalue weighted by Gasteiger charge is 2.23. The quantitative estimate of drug-likeness (QED) is 0.204. The van der Waals surface area contributed by atoms with Crippen molar-refractivity contribution in [2.24, 2.45) is 5.73 Å². The summed E-state index contributed by atoms with van der Waals surface area (Å²) in [6.45, 7) is 1.70. The first kappa shape index (κ1) is 26.2. The summed E-state index contributed by atoms with van der Waals surface area (Å²) in [7, 11) is 0. The number of nitrogens with two attached hydrogens (primary N) is 1. The zero-order valence-electron chi connectivity index (χ0n) is 20.1. The molecule has 3 amide bonds. The molecule has 0 saturated heterocycles. The highest BCUT2D eigenvalue weighted by molar-refractivity contribution is 7.10. The van der Waals surface area contributed by atoms with Crippen LogP contribution in [-0.4, -0.2) is 49.2 Å². The number of rotatable bonds is 10. The van der Waals surface area contributed by atoms with Gasteiger partial charge in [-0.15, -0.1) is 0 Å². The number of nitrogens with zero attached hydrogens (tertiary/aromatic N) is 3. The van der Waals surface area contributed by atoms with Crippen LogP contribution in [0.4, 0.5) is 16.5 Å². The lowest BCUT2D eigenvalue weighted by atomic mass is 10.1. The number of carbonyl (C=O) groups excluding carboxylic acids is 3. The zero-order chi connectivity index (χ0) is 27.2. The van der Waals surface area contributed by atoms with Crippen LogP contribution in [0.15, 0.2) is 54.7 Å². The van der Waals surface area contributed by atoms with Gasteiger partial charge in [-0.05, 0) is 55.2 Å². The Labute approximate surface area is 220 Å². The van der Waals surface area contributed by atoms with Gasteiger partial charge in [-0.2, -0.15) is 4.37 Å². The minimum Gasteiger partial charge on any atom is -0.480 e. The molecule has 1 atom stereocenters. The molecule has 0 unspecified atom stereocenters. The van der Waals surface area contributed by atoms with E-state index < -0.39 is 29.7 Å². The molecule has 4 rings (SSSR count). The second kappa shape index (κ2) is 11.4. The number of fused-ring (bicyclic) bond motifs is 1. The average Bonchev–Trinajstić information content (AvgIpc) is 3.25. The number of anilines is 3. The number of carboxylic acid groups (broad SMARTS) is 1. The monoisotopic (exact) mass is 533 g/mol. The molecule has 12 nitrogen and oxygen atoms in total. The van der Waals surface area contributed by atoms with Crippen molar-refractivity contribution in [3.63, 3.8) is 0 Å². The molecule has 0 aliphatic rings. The molecule has 2 aromatic heterocycles. The molecule has 0 fully saturated rings. The summed E-state index contributed by atoms with van der Waals surface area (Å²) in [6.07, 6.45) is 1.23. The van der Waals surface area contributed by atoms with Gasteiger partial charge in [-0.3, -0.25) is 19.4 Å². The molecule has 0 aliphatic heterocycles. The Morgan fingerprint density at radius 2 is 1.82 bits per heavy atom. The van der Waals surface area contributed by atoms with Crippen LogP contribution in [0.25, 0.3) is 11.0 Å². The van der Waals surface area contributed by atoms with Gasteiger partial charge in [0.1, 0.15) is 16.9 Å². The van der Waals surface area contributed by atoms with Gasteiger partial charge in [0.25, 0.3) is 11.8 Å². The van der Waals surface area contributed by atoms with E-state index in [1.165, 1.54) is 12.1 Å². The van der Waals surface area contributed by atoms with Crippen molar-refractivity contribution in [2.45, 2.75) is 25.8 Å². The lowest BCUT2D eigenvalue weighted by Gasteiger charge is -2.14. The van der Waals surface area contributed by atoms with E-state index in [0.717, 1.165) is 17.0 Å². The van der Waals surface area contributed by atoms with Crippen molar-refractivity contribution in [3.8, 4) is 0 Å². The summed E-state index contributed by atoms with van der Waals surface area (Å²) >= 11 is 1.10. The third-order valence-corrected chi connectivity index (χ3v) is 6.30. The molecule has 0 radical (unpaired) electrons. The fraction of sp³-hybridized carbons (Fsp3) is 0.160. The number of primary amides is 1. The van der Waals surface area contributed by atoms with E-state index in [2.05, 4.69) is 30.3 Å². The van der Waals surface area contributed by atoms with Crippen LogP contribution < -0.4 is 21.7 Å². The standard InChI is InChI=1S/C25H23N7O5S/c1-13-21(24(38-32-13)31-20-12-27-16-7-2-3-8-17(16)29-20)23(35)28-15-6-4-5-14(11-15)22(34)30-18(25(36)37)9-10-19(26)33/h2-8,11-12,18H,9-10H2,1H3,(H2,26,33)(H,28,35)(H,29,31)(H,30,34)(H,36,37)/t18-/m0/s1. The van der Waals surface area contributed by atoms with Crippen molar-refractivity contribution >= 4 is 62.8 Å². The third-order valence-electron chi connectivity index (χ3n) is 5.45. The van der Waals surface area contributed by atoms with E-state index in [1.807, 2.05) is 24.3 Å². The van der Waals surface area contributed by atoms with E-state index in [-0.39, 0.29) is 18.4 Å². The first-order valence-electron chi connectivity index (χ1n) is 11.4. The van der Waals surface area contributed by atoms with Crippen LogP contribution in [-0.2, 0) is 9.59 Å². The van der Waals surface area contributed by atoms with Gasteiger partial charge in [-0.25, -0.2) is 9.78 Å². The van der Waals surface area contributed by atoms with E-state index in [4.69, 9.17) is 5.73 Å². The maximum atomic E-state index is 13.2. The number of hydrogen-bond acceptors (Lipinski definition) is 9. The SMILES string of the molecule is Cc1nsc(Nc2cnc3ccccc3n2)c1C(=O)Nc1cccc(C(=O)N[C@@H](CCC(N)=O)C(=O)O)c1. The fourth-order valence-corrected chi connectivity index (χ4v) is 4.37. The van der Waals surface area contributed by atoms with Gasteiger partial charge in [0.2, 0.25) is 5.91 Å². The lowest BCUT2D eigenvalue weighted by molar-refractivity contribution is -0.139. The minimum absolute atomic E-state index is 0.123. The van der Waals surface area contributed by atoms with Gasteiger partial charge in [0.15, 0.2) is 0 Å². The largest absolute Gasteiger partial charge is 0.480 e. The number of carboxylic acids is 1. The molecule has 38 heavy (non-hydrogen) atoms. The minimum atomic E-state index is -1.29. The number of hydrogen-bond donors (Lipinski definition) is 5. The van der Waals surface area contributed by atoms with E-state index in [0.29, 0.717) is 33.3 Å². The number of nitrogens with one attached hydrogen (secondary N) is 3. The van der Waals surface area contributed by atoms with Crippen molar-refractivity contribution in [1.29, 1.82) is 0 Å². The summed E-state index contributed by atoms with van der Waals surface area (Å²) in [5, 5.41) is 18.0. The highest BCUT2D eigenvalue weighted by Crippen LogP contribution is 2.28. The normalized spacial score (nSPS) is 11.5. The number of amides is 3. The first-order valence-corrected chi connectivity index (χ1v) is 12.2. The van der Waals surface area contributed by atoms with Gasteiger partial charge < -0.3 is 26.8 Å². The second-order valence-corrected chi connectivity index (χ2v) is 9.02. The number of para-hydroxylation sites is 2. The fourth-order valence-electron chi connectivity index (χ4n) is 3.57. The predicted octanol–water partition coefficient (Wildman–Crippen LogP) is 2.84. The summed E-state index contributed by atoms with van der Waals surface area (Å²) in [5.41, 5.74) is 7.75. The lowest BCUT2D eigenvalue weighted by Crippen LogP contribution is -2.41. The maximum absolute atomic E-state index is 13.2. The van der Waals surface area contributed by atoms with Crippen molar-refractivity contribution in [1.82, 2.24) is 19.7 Å². The molecular formula is C25H23N7O5S. The summed E-state index contributed by atoms with van der Waals surface area (Å²) in [4.78, 5) is 57.1. The molecule has 6 N–H and O–H groups in total. The number of aromatic nitrogens is 3. The number of carbonyl (C=O) groups is 4. The van der Waals surface area contributed by atoms with Crippen LogP contribution in [0.2, 0.25) is 0 Å². The van der Waals surface area contributed by atoms with Crippen molar-refractivity contribution < 1.29 is 24.3 Å². The second-order valence-electron chi connectivity index (χ2n) is 8.25. The maximum Gasteiger partial charge on any atom is 0.326 e. The van der Waals surface area contributed by atoms with Crippen LogP contribution in [0, 0.1) is 6.92 Å². The molecule has 2 heterocycles. The van der Waals surface area contributed by atoms with Gasteiger partial charge in [0.05, 0.1) is 28.5 Å². The topological polar surface area (TPSA) is 189 Å². The molecule has 4 aromatic rings. The van der Waals surface area contributed by atoms with E-state index in [1.54, 1.807) is 25.3 Å². The summed E-state index contributed by atoms with van der Waals surface area (Å²) in [6, 6.07) is 12.1.